The number of aromatic nitrogens is 2. The van der Waals surface area contributed by atoms with Gasteiger partial charge in [0.1, 0.15) is 10.0 Å². The van der Waals surface area contributed by atoms with Crippen molar-refractivity contribution < 1.29 is 23.1 Å². The highest BCUT2D eigenvalue weighted by Gasteiger charge is 2.38. The first kappa shape index (κ1) is 16.7. The van der Waals surface area contributed by atoms with Crippen molar-refractivity contribution in [1.29, 1.82) is 0 Å². The number of alkyl halides is 3. The van der Waals surface area contributed by atoms with E-state index in [1.165, 1.54) is 16.7 Å². The number of nitrogens with zero attached hydrogens (tertiary/aromatic N) is 2. The summed E-state index contributed by atoms with van der Waals surface area (Å²) < 4.78 is 31.7. The van der Waals surface area contributed by atoms with Gasteiger partial charge in [-0.05, 0) is 17.5 Å². The zero-order valence-corrected chi connectivity index (χ0v) is 12.2. The van der Waals surface area contributed by atoms with Crippen molar-refractivity contribution >= 4 is 33.1 Å². The van der Waals surface area contributed by atoms with Gasteiger partial charge in [-0.2, -0.15) is 13.2 Å². The summed E-state index contributed by atoms with van der Waals surface area (Å²) in [5.74, 6) is -2.76. The highest BCUT2D eigenvalue weighted by molar-refractivity contribution is 7.18. The van der Waals surface area contributed by atoms with Gasteiger partial charge in [0.2, 0.25) is 0 Å². The molecule has 0 amide bonds. The number of hydrogen-bond acceptors (Lipinski definition) is 5. The zero-order chi connectivity index (χ0) is 17.0. The number of halogens is 3. The number of carboxylic acids is 1. The number of carboxylic acid groups (broad SMARTS) is 1. The van der Waals surface area contributed by atoms with E-state index in [9.17, 15) is 13.2 Å². The van der Waals surface area contributed by atoms with E-state index >= 15 is 0 Å². The quantitative estimate of drug-likeness (QED) is 0.706. The van der Waals surface area contributed by atoms with E-state index in [0.29, 0.717) is 0 Å². The fourth-order valence-electron chi connectivity index (χ4n) is 1.64. The maximum absolute atomic E-state index is 10.6. The Bertz CT molecular complexity index is 833. The van der Waals surface area contributed by atoms with Gasteiger partial charge in [-0.3, -0.25) is 4.98 Å². The molecule has 0 aliphatic carbocycles. The van der Waals surface area contributed by atoms with E-state index in [1.807, 2.05) is 18.3 Å². The molecule has 0 bridgehead atoms. The molecule has 0 unspecified atom stereocenters. The summed E-state index contributed by atoms with van der Waals surface area (Å²) >= 11 is 1.50. The lowest BCUT2D eigenvalue weighted by Crippen LogP contribution is -2.21. The second-order valence-electron chi connectivity index (χ2n) is 4.31. The molecule has 0 saturated heterocycles. The van der Waals surface area contributed by atoms with Crippen LogP contribution in [0.1, 0.15) is 0 Å². The molecule has 0 aliphatic heterocycles. The lowest BCUT2D eigenvalue weighted by molar-refractivity contribution is -0.192. The number of pyridine rings is 1. The zero-order valence-electron chi connectivity index (χ0n) is 11.4. The van der Waals surface area contributed by atoms with Crippen LogP contribution in [0.5, 0.6) is 0 Å². The van der Waals surface area contributed by atoms with E-state index in [-0.39, 0.29) is 0 Å². The average molecular weight is 341 g/mol. The molecule has 2 aromatic heterocycles. The molecule has 0 aliphatic rings. The lowest BCUT2D eigenvalue weighted by atomic mass is 10.1. The summed E-state index contributed by atoms with van der Waals surface area (Å²) in [4.78, 5) is 17.3. The minimum absolute atomic E-state index is 0.741. The highest BCUT2D eigenvalue weighted by Crippen LogP contribution is 2.28. The fraction of sp³-hybridized carbons (Fsp3) is 0.0714. The van der Waals surface area contributed by atoms with Gasteiger partial charge in [-0.1, -0.05) is 23.5 Å². The predicted molar refractivity (Wildman–Crippen MR) is 81.0 cm³/mol. The maximum atomic E-state index is 10.6. The van der Waals surface area contributed by atoms with Crippen molar-refractivity contribution in [2.75, 3.05) is 5.73 Å². The highest BCUT2D eigenvalue weighted by atomic mass is 32.1. The molecule has 0 atom stereocenters. The second kappa shape index (κ2) is 6.61. The van der Waals surface area contributed by atoms with E-state index in [0.717, 1.165) is 21.0 Å². The van der Waals surface area contributed by atoms with Gasteiger partial charge in [0.05, 0.1) is 6.20 Å². The molecule has 23 heavy (non-hydrogen) atoms. The van der Waals surface area contributed by atoms with Crippen LogP contribution in [-0.4, -0.2) is 27.2 Å². The van der Waals surface area contributed by atoms with Crippen molar-refractivity contribution in [3.8, 4) is 10.6 Å². The number of fused-ring (bicyclic) bond motifs is 1. The largest absolute Gasteiger partial charge is 0.490 e. The summed E-state index contributed by atoms with van der Waals surface area (Å²) in [6.07, 6.45) is 0.258. The number of carbonyl (C=O) groups is 1. The van der Waals surface area contributed by atoms with Crippen LogP contribution >= 0.6 is 11.3 Å². The van der Waals surface area contributed by atoms with E-state index in [4.69, 9.17) is 15.6 Å². The standard InChI is InChI=1S/C12H9N3S.C2HF3O2/c13-11-7-15-12(16-11)9-1-2-10-6-14-4-3-8(10)5-9;3-2(4,5)1(6)7/h1-7H,13H2;(H,6,7). The van der Waals surface area contributed by atoms with Crippen LogP contribution in [0.2, 0.25) is 0 Å². The van der Waals surface area contributed by atoms with Crippen molar-refractivity contribution in [3.05, 3.63) is 42.9 Å². The third-order valence-electron chi connectivity index (χ3n) is 2.65. The van der Waals surface area contributed by atoms with Gasteiger partial charge in [0.15, 0.2) is 0 Å². The topological polar surface area (TPSA) is 89.1 Å². The molecule has 0 spiro atoms. The van der Waals surface area contributed by atoms with E-state index in [2.05, 4.69) is 22.1 Å². The molecule has 9 heteroatoms. The molecule has 3 N–H and O–H groups in total. The Hall–Kier alpha value is -2.68. The molecule has 3 aromatic rings. The third-order valence-corrected chi connectivity index (χ3v) is 3.53. The number of anilines is 1. The van der Waals surface area contributed by atoms with E-state index in [1.54, 1.807) is 12.4 Å². The Morgan fingerprint density at radius 1 is 1.17 bits per heavy atom. The Morgan fingerprint density at radius 3 is 2.43 bits per heavy atom. The summed E-state index contributed by atoms with van der Waals surface area (Å²) in [6, 6.07) is 8.20. The molecular weight excluding hydrogens is 331 g/mol. The summed E-state index contributed by atoms with van der Waals surface area (Å²) in [5, 5.41) is 11.1. The number of benzene rings is 1. The summed E-state index contributed by atoms with van der Waals surface area (Å²) in [6.45, 7) is 0. The van der Waals surface area contributed by atoms with Crippen molar-refractivity contribution in [2.24, 2.45) is 0 Å². The Morgan fingerprint density at radius 2 is 1.87 bits per heavy atom. The average Bonchev–Trinajstić information content (AvgIpc) is 2.93. The number of nitrogens with two attached hydrogens (primary N) is 1. The number of hydrogen-bond donors (Lipinski definition) is 2. The van der Waals surface area contributed by atoms with Crippen LogP contribution in [0, 0.1) is 0 Å². The van der Waals surface area contributed by atoms with Gasteiger partial charge in [0, 0.05) is 23.3 Å². The van der Waals surface area contributed by atoms with Crippen molar-refractivity contribution in [3.63, 3.8) is 0 Å². The number of rotatable bonds is 1. The Labute approximate surface area is 132 Å². The Balaban J connectivity index is 0.000000236. The first-order chi connectivity index (χ1) is 10.8. The van der Waals surface area contributed by atoms with Gasteiger partial charge >= 0.3 is 12.1 Å². The molecule has 0 saturated carbocycles. The SMILES string of the molecule is Nc1cnc(-c2ccc3cnccc3c2)s1.O=C(O)C(F)(F)F. The number of nitrogen functional groups attached to an aromatic ring is 1. The number of thiazole rings is 1. The first-order valence-corrected chi connectivity index (χ1v) is 6.94. The third kappa shape index (κ3) is 4.39. The second-order valence-corrected chi connectivity index (χ2v) is 5.37. The van der Waals surface area contributed by atoms with E-state index < -0.39 is 12.1 Å². The molecule has 0 radical (unpaired) electrons. The first-order valence-electron chi connectivity index (χ1n) is 6.13. The van der Waals surface area contributed by atoms with Gasteiger partial charge in [-0.15, -0.1) is 0 Å². The van der Waals surface area contributed by atoms with Crippen LogP contribution in [-0.2, 0) is 4.79 Å². The van der Waals surface area contributed by atoms with Crippen LogP contribution in [0.4, 0.5) is 18.2 Å². The summed E-state index contributed by atoms with van der Waals surface area (Å²) in [7, 11) is 0. The van der Waals surface area contributed by atoms with Gasteiger partial charge in [-0.25, -0.2) is 9.78 Å². The molecule has 1 aromatic carbocycles. The van der Waals surface area contributed by atoms with Crippen LogP contribution in [0.25, 0.3) is 21.3 Å². The minimum Gasteiger partial charge on any atom is -0.475 e. The fourth-order valence-corrected chi connectivity index (χ4v) is 2.32. The lowest BCUT2D eigenvalue weighted by Gasteiger charge is -1.99. The van der Waals surface area contributed by atoms with Gasteiger partial charge in [0.25, 0.3) is 0 Å². The molecule has 2 heterocycles. The minimum atomic E-state index is -5.08. The van der Waals surface area contributed by atoms with Crippen LogP contribution < -0.4 is 5.73 Å². The number of aliphatic carboxylic acids is 1. The molecule has 5 nitrogen and oxygen atoms in total. The van der Waals surface area contributed by atoms with Gasteiger partial charge < -0.3 is 10.8 Å². The van der Waals surface area contributed by atoms with Crippen LogP contribution in [0.3, 0.4) is 0 Å². The molecule has 3 rings (SSSR count). The predicted octanol–water partition coefficient (Wildman–Crippen LogP) is 3.57. The molecular formula is C14H10F3N3O2S. The monoisotopic (exact) mass is 341 g/mol. The smallest absolute Gasteiger partial charge is 0.475 e. The maximum Gasteiger partial charge on any atom is 0.490 e. The van der Waals surface area contributed by atoms with Crippen molar-refractivity contribution in [2.45, 2.75) is 6.18 Å². The normalized spacial score (nSPS) is 10.9. The molecule has 0 fully saturated rings. The molecule has 120 valence electrons. The van der Waals surface area contributed by atoms with Crippen LogP contribution in [0.15, 0.2) is 42.9 Å². The Kier molecular flexibility index (Phi) is 4.80. The van der Waals surface area contributed by atoms with Crippen molar-refractivity contribution in [1.82, 2.24) is 9.97 Å². The summed E-state index contributed by atoms with van der Waals surface area (Å²) in [5.41, 5.74) is 6.77.